The molecule has 2 heteroatoms. The lowest BCUT2D eigenvalue weighted by atomic mass is 9.92. The van der Waals surface area contributed by atoms with Crippen LogP contribution in [0, 0.1) is 5.92 Å². The van der Waals surface area contributed by atoms with Crippen molar-refractivity contribution in [3.8, 4) is 0 Å². The third-order valence-corrected chi connectivity index (χ3v) is 2.52. The van der Waals surface area contributed by atoms with Crippen molar-refractivity contribution in [1.82, 2.24) is 4.90 Å². The summed E-state index contributed by atoms with van der Waals surface area (Å²) in [7, 11) is 0. The first-order valence-corrected chi connectivity index (χ1v) is 5.05. The number of nitrogens with two attached hydrogens (primary N) is 1. The molecule has 0 aromatic heterocycles. The van der Waals surface area contributed by atoms with E-state index >= 15 is 0 Å². The van der Waals surface area contributed by atoms with E-state index < -0.39 is 0 Å². The van der Waals surface area contributed by atoms with Crippen LogP contribution in [0.15, 0.2) is 0 Å². The second kappa shape index (κ2) is 3.75. The van der Waals surface area contributed by atoms with Gasteiger partial charge in [0, 0.05) is 25.2 Å². The minimum absolute atomic E-state index is 0.103. The van der Waals surface area contributed by atoms with Crippen LogP contribution in [0.4, 0.5) is 0 Å². The Morgan fingerprint density at radius 2 is 2.08 bits per heavy atom. The van der Waals surface area contributed by atoms with E-state index in [1.54, 1.807) is 0 Å². The second-order valence-electron chi connectivity index (χ2n) is 4.72. The molecular weight excluding hydrogens is 148 g/mol. The van der Waals surface area contributed by atoms with Crippen LogP contribution in [0.25, 0.3) is 0 Å². The highest BCUT2D eigenvalue weighted by atomic mass is 15.2. The topological polar surface area (TPSA) is 29.3 Å². The summed E-state index contributed by atoms with van der Waals surface area (Å²) in [5.74, 6) is 0.839. The van der Waals surface area contributed by atoms with Crippen molar-refractivity contribution in [2.75, 3.05) is 19.6 Å². The molecule has 1 heterocycles. The van der Waals surface area contributed by atoms with Gasteiger partial charge < -0.3 is 5.73 Å². The van der Waals surface area contributed by atoms with E-state index in [9.17, 15) is 0 Å². The SMILES string of the molecule is CCCC(C)CN1CC(C)(N)C1. The Morgan fingerprint density at radius 3 is 2.50 bits per heavy atom. The van der Waals surface area contributed by atoms with Crippen LogP contribution in [0.5, 0.6) is 0 Å². The fourth-order valence-corrected chi connectivity index (χ4v) is 2.13. The van der Waals surface area contributed by atoms with Crippen LogP contribution in [0.1, 0.15) is 33.6 Å². The molecule has 1 aliphatic rings. The third-order valence-electron chi connectivity index (χ3n) is 2.52. The Kier molecular flexibility index (Phi) is 3.13. The highest BCUT2D eigenvalue weighted by Crippen LogP contribution is 2.19. The van der Waals surface area contributed by atoms with Crippen LogP contribution in [-0.2, 0) is 0 Å². The fourth-order valence-electron chi connectivity index (χ4n) is 2.13. The second-order valence-corrected chi connectivity index (χ2v) is 4.72. The Labute approximate surface area is 76.1 Å². The lowest BCUT2D eigenvalue weighted by Crippen LogP contribution is -2.65. The molecule has 0 spiro atoms. The van der Waals surface area contributed by atoms with E-state index in [-0.39, 0.29) is 5.54 Å². The summed E-state index contributed by atoms with van der Waals surface area (Å²) in [6.07, 6.45) is 2.65. The van der Waals surface area contributed by atoms with Gasteiger partial charge >= 0.3 is 0 Å². The Morgan fingerprint density at radius 1 is 1.50 bits per heavy atom. The van der Waals surface area contributed by atoms with Crippen molar-refractivity contribution in [1.29, 1.82) is 0 Å². The highest BCUT2D eigenvalue weighted by molar-refractivity contribution is 4.95. The average Bonchev–Trinajstić information content (AvgIpc) is 1.83. The van der Waals surface area contributed by atoms with E-state index in [1.807, 2.05) is 0 Å². The zero-order valence-electron chi connectivity index (χ0n) is 8.64. The first kappa shape index (κ1) is 10.0. The molecule has 2 nitrogen and oxygen atoms in total. The normalized spacial score (nSPS) is 25.0. The molecule has 1 fully saturated rings. The molecule has 72 valence electrons. The molecule has 1 atom stereocenters. The molecule has 1 aliphatic heterocycles. The van der Waals surface area contributed by atoms with Gasteiger partial charge in [-0.15, -0.1) is 0 Å². The number of hydrogen-bond donors (Lipinski definition) is 1. The highest BCUT2D eigenvalue weighted by Gasteiger charge is 2.34. The Balaban J connectivity index is 2.10. The maximum atomic E-state index is 5.92. The van der Waals surface area contributed by atoms with Crippen molar-refractivity contribution in [3.05, 3.63) is 0 Å². The Hall–Kier alpha value is -0.0800. The standard InChI is InChI=1S/C10H22N2/c1-4-5-9(2)6-12-7-10(3,11)8-12/h9H,4-8,11H2,1-3H3. The summed E-state index contributed by atoms with van der Waals surface area (Å²) in [5.41, 5.74) is 6.02. The van der Waals surface area contributed by atoms with E-state index in [2.05, 4.69) is 25.7 Å². The largest absolute Gasteiger partial charge is 0.323 e. The molecule has 1 saturated heterocycles. The molecule has 0 saturated carbocycles. The number of nitrogens with zero attached hydrogens (tertiary/aromatic N) is 1. The van der Waals surface area contributed by atoms with Crippen molar-refractivity contribution in [2.45, 2.75) is 39.2 Å². The monoisotopic (exact) mass is 170 g/mol. The van der Waals surface area contributed by atoms with Crippen LogP contribution in [0.2, 0.25) is 0 Å². The van der Waals surface area contributed by atoms with Crippen LogP contribution >= 0.6 is 0 Å². The van der Waals surface area contributed by atoms with Crippen molar-refractivity contribution < 1.29 is 0 Å². The molecule has 0 bridgehead atoms. The number of rotatable bonds is 4. The van der Waals surface area contributed by atoms with Crippen LogP contribution in [0.3, 0.4) is 0 Å². The summed E-state index contributed by atoms with van der Waals surface area (Å²) in [6, 6.07) is 0. The van der Waals surface area contributed by atoms with Gasteiger partial charge in [-0.1, -0.05) is 20.3 Å². The number of likely N-dealkylation sites (tertiary alicyclic amines) is 1. The summed E-state index contributed by atoms with van der Waals surface area (Å²) >= 11 is 0. The zero-order valence-corrected chi connectivity index (χ0v) is 8.64. The lowest BCUT2D eigenvalue weighted by Gasteiger charge is -2.46. The number of hydrogen-bond acceptors (Lipinski definition) is 2. The minimum atomic E-state index is 0.103. The molecule has 0 radical (unpaired) electrons. The van der Waals surface area contributed by atoms with Gasteiger partial charge in [-0.05, 0) is 19.3 Å². The summed E-state index contributed by atoms with van der Waals surface area (Å²) in [6.45, 7) is 10.1. The van der Waals surface area contributed by atoms with Crippen molar-refractivity contribution >= 4 is 0 Å². The van der Waals surface area contributed by atoms with Crippen molar-refractivity contribution in [2.24, 2.45) is 11.7 Å². The van der Waals surface area contributed by atoms with Gasteiger partial charge in [0.1, 0.15) is 0 Å². The molecule has 0 aromatic rings. The summed E-state index contributed by atoms with van der Waals surface area (Å²) in [5, 5.41) is 0. The van der Waals surface area contributed by atoms with Gasteiger partial charge in [0.15, 0.2) is 0 Å². The van der Waals surface area contributed by atoms with E-state index in [4.69, 9.17) is 5.73 Å². The first-order chi connectivity index (χ1) is 5.53. The predicted octanol–water partition coefficient (Wildman–Crippen LogP) is 1.46. The van der Waals surface area contributed by atoms with E-state index in [0.29, 0.717) is 0 Å². The quantitative estimate of drug-likeness (QED) is 0.692. The lowest BCUT2D eigenvalue weighted by molar-refractivity contribution is 0.0681. The predicted molar refractivity (Wildman–Crippen MR) is 53.1 cm³/mol. The molecule has 1 unspecified atom stereocenters. The molecule has 0 aromatic carbocycles. The molecule has 0 amide bonds. The molecule has 0 aliphatic carbocycles. The molecule has 12 heavy (non-hydrogen) atoms. The maximum Gasteiger partial charge on any atom is 0.0383 e. The molecular formula is C10H22N2. The minimum Gasteiger partial charge on any atom is -0.323 e. The molecule has 2 N–H and O–H groups in total. The maximum absolute atomic E-state index is 5.92. The molecule has 1 rings (SSSR count). The summed E-state index contributed by atoms with van der Waals surface area (Å²) < 4.78 is 0. The average molecular weight is 170 g/mol. The van der Waals surface area contributed by atoms with E-state index in [1.165, 1.54) is 19.4 Å². The first-order valence-electron chi connectivity index (χ1n) is 5.05. The van der Waals surface area contributed by atoms with Gasteiger partial charge in [0.2, 0.25) is 0 Å². The third kappa shape index (κ3) is 2.76. The van der Waals surface area contributed by atoms with Crippen LogP contribution < -0.4 is 5.73 Å². The smallest absolute Gasteiger partial charge is 0.0383 e. The van der Waals surface area contributed by atoms with Gasteiger partial charge in [-0.2, -0.15) is 0 Å². The van der Waals surface area contributed by atoms with Gasteiger partial charge in [-0.3, -0.25) is 4.90 Å². The fraction of sp³-hybridized carbons (Fsp3) is 1.00. The van der Waals surface area contributed by atoms with Gasteiger partial charge in [0.05, 0.1) is 0 Å². The Bertz CT molecular complexity index is 135. The summed E-state index contributed by atoms with van der Waals surface area (Å²) in [4.78, 5) is 2.46. The van der Waals surface area contributed by atoms with Gasteiger partial charge in [0.25, 0.3) is 0 Å². The van der Waals surface area contributed by atoms with Crippen LogP contribution in [-0.4, -0.2) is 30.1 Å². The zero-order chi connectivity index (χ0) is 9.19. The van der Waals surface area contributed by atoms with Gasteiger partial charge in [-0.25, -0.2) is 0 Å². The van der Waals surface area contributed by atoms with Crippen molar-refractivity contribution in [3.63, 3.8) is 0 Å². The van der Waals surface area contributed by atoms with E-state index in [0.717, 1.165) is 19.0 Å².